The monoisotopic (exact) mass is 410 g/mol. The van der Waals surface area contributed by atoms with Gasteiger partial charge < -0.3 is 20.1 Å². The molecule has 0 spiro atoms. The minimum Gasteiger partial charge on any atom is -0.482 e. The molecular formula is C20H26N8O2. The van der Waals surface area contributed by atoms with Gasteiger partial charge in [-0.1, -0.05) is 0 Å². The zero-order chi connectivity index (χ0) is 20.5. The minimum absolute atomic E-state index is 0.297. The summed E-state index contributed by atoms with van der Waals surface area (Å²) >= 11 is 0. The van der Waals surface area contributed by atoms with Crippen LogP contribution in [0.2, 0.25) is 0 Å². The fourth-order valence-corrected chi connectivity index (χ4v) is 4.82. The summed E-state index contributed by atoms with van der Waals surface area (Å²) < 4.78 is 11.6. The normalized spacial score (nSPS) is 25.0. The van der Waals surface area contributed by atoms with Crippen LogP contribution in [0.1, 0.15) is 37.8 Å². The molecule has 0 radical (unpaired) electrons. The molecule has 30 heavy (non-hydrogen) atoms. The molecule has 0 aliphatic carbocycles. The molecule has 158 valence electrons. The van der Waals surface area contributed by atoms with E-state index >= 15 is 0 Å². The zero-order valence-electron chi connectivity index (χ0n) is 17.0. The maximum absolute atomic E-state index is 8.94. The van der Waals surface area contributed by atoms with Crippen LogP contribution in [-0.4, -0.2) is 62.9 Å². The van der Waals surface area contributed by atoms with Gasteiger partial charge in [0.05, 0.1) is 6.07 Å². The van der Waals surface area contributed by atoms with Crippen LogP contribution >= 0.6 is 0 Å². The van der Waals surface area contributed by atoms with Crippen molar-refractivity contribution in [1.82, 2.24) is 25.1 Å². The molecular weight excluding hydrogens is 384 g/mol. The van der Waals surface area contributed by atoms with Gasteiger partial charge in [-0.25, -0.2) is 0 Å². The van der Waals surface area contributed by atoms with Crippen molar-refractivity contribution in [3.8, 4) is 17.7 Å². The first kappa shape index (κ1) is 18.9. The molecule has 2 bridgehead atoms. The highest BCUT2D eigenvalue weighted by Gasteiger charge is 2.40. The molecule has 0 saturated carbocycles. The van der Waals surface area contributed by atoms with Crippen LogP contribution in [0.3, 0.4) is 0 Å². The van der Waals surface area contributed by atoms with Gasteiger partial charge in [0.2, 0.25) is 11.7 Å². The lowest BCUT2D eigenvalue weighted by Crippen LogP contribution is -2.47. The number of rotatable bonds is 6. The van der Waals surface area contributed by atoms with E-state index < -0.39 is 0 Å². The summed E-state index contributed by atoms with van der Waals surface area (Å²) in [6.07, 6.45) is 5.05. The molecule has 5 rings (SSSR count). The summed E-state index contributed by atoms with van der Waals surface area (Å²) in [7, 11) is 0. The van der Waals surface area contributed by atoms with Crippen molar-refractivity contribution >= 4 is 17.6 Å². The van der Waals surface area contributed by atoms with Gasteiger partial charge >= 0.3 is 0 Å². The molecule has 2 aromatic rings. The number of aromatic amines is 1. The second-order valence-corrected chi connectivity index (χ2v) is 8.13. The Bertz CT molecular complexity index is 941. The number of fused-ring (bicyclic) bond motifs is 3. The predicted octanol–water partition coefficient (Wildman–Crippen LogP) is 2.34. The molecule has 10 nitrogen and oxygen atoms in total. The molecule has 0 aromatic carbocycles. The molecule has 2 fully saturated rings. The molecule has 3 aliphatic rings. The van der Waals surface area contributed by atoms with Crippen molar-refractivity contribution in [2.45, 2.75) is 57.2 Å². The van der Waals surface area contributed by atoms with Crippen LogP contribution in [0.4, 0.5) is 17.6 Å². The lowest BCUT2D eigenvalue weighted by molar-refractivity contribution is 0.135. The molecule has 3 N–H and O–H groups in total. The Morgan fingerprint density at radius 1 is 1.23 bits per heavy atom. The van der Waals surface area contributed by atoms with Crippen molar-refractivity contribution < 1.29 is 9.47 Å². The van der Waals surface area contributed by atoms with Gasteiger partial charge in [-0.15, -0.1) is 0 Å². The van der Waals surface area contributed by atoms with Gasteiger partial charge in [0.15, 0.2) is 11.6 Å². The van der Waals surface area contributed by atoms with Gasteiger partial charge in [-0.2, -0.15) is 20.3 Å². The Morgan fingerprint density at radius 2 is 2.03 bits per heavy atom. The van der Waals surface area contributed by atoms with E-state index in [-0.39, 0.29) is 0 Å². The number of hydrogen-bond donors (Lipinski definition) is 3. The Kier molecular flexibility index (Phi) is 5.04. The number of aryl methyl sites for hydroxylation is 1. The lowest BCUT2D eigenvalue weighted by atomic mass is 9.97. The fourth-order valence-electron chi connectivity index (χ4n) is 4.82. The first-order valence-corrected chi connectivity index (χ1v) is 10.6. The van der Waals surface area contributed by atoms with Crippen molar-refractivity contribution in [3.63, 3.8) is 0 Å². The van der Waals surface area contributed by atoms with E-state index in [1.165, 1.54) is 12.8 Å². The van der Waals surface area contributed by atoms with E-state index in [0.717, 1.165) is 25.1 Å². The van der Waals surface area contributed by atoms with E-state index in [0.29, 0.717) is 67.0 Å². The van der Waals surface area contributed by atoms with Gasteiger partial charge in [0.1, 0.15) is 13.2 Å². The average Bonchev–Trinajstić information content (AvgIpc) is 3.25. The molecule has 2 atom stereocenters. The quantitative estimate of drug-likeness (QED) is 0.658. The van der Waals surface area contributed by atoms with Gasteiger partial charge in [-0.3, -0.25) is 10.00 Å². The number of nitrogens with zero attached hydrogens (tertiary/aromatic N) is 5. The molecule has 3 aliphatic heterocycles. The predicted molar refractivity (Wildman–Crippen MR) is 110 cm³/mol. The van der Waals surface area contributed by atoms with Crippen LogP contribution in [0.5, 0.6) is 11.6 Å². The maximum atomic E-state index is 8.94. The van der Waals surface area contributed by atoms with Crippen LogP contribution < -0.4 is 20.1 Å². The van der Waals surface area contributed by atoms with Crippen LogP contribution in [0.25, 0.3) is 0 Å². The fraction of sp³-hybridized carbons (Fsp3) is 0.600. The third-order valence-electron chi connectivity index (χ3n) is 6.06. The topological polar surface area (TPSA) is 124 Å². The van der Waals surface area contributed by atoms with E-state index in [1.54, 1.807) is 0 Å². The van der Waals surface area contributed by atoms with Crippen molar-refractivity contribution in [2.75, 3.05) is 30.4 Å². The molecule has 0 amide bonds. The first-order chi connectivity index (χ1) is 14.7. The number of hydrogen-bond acceptors (Lipinski definition) is 9. The summed E-state index contributed by atoms with van der Waals surface area (Å²) in [5.74, 6) is 2.75. The smallest absolute Gasteiger partial charge is 0.264 e. The molecule has 10 heteroatoms. The van der Waals surface area contributed by atoms with Crippen molar-refractivity contribution in [2.24, 2.45) is 0 Å². The SMILES string of the molecule is Cc1cc(Nc2nc(NC3CC4CCC(C3)N4CCC#N)c3c(n2)OCCO3)n[nH]1. The largest absolute Gasteiger partial charge is 0.482 e. The number of nitrogens with one attached hydrogen (secondary N) is 3. The number of H-pyrrole nitrogens is 1. The van der Waals surface area contributed by atoms with Crippen molar-refractivity contribution in [1.29, 1.82) is 5.26 Å². The number of nitriles is 1. The third-order valence-corrected chi connectivity index (χ3v) is 6.06. The third kappa shape index (κ3) is 3.73. The minimum atomic E-state index is 0.297. The molecule has 2 unspecified atom stereocenters. The summed E-state index contributed by atoms with van der Waals surface area (Å²) in [4.78, 5) is 11.6. The molecule has 2 saturated heterocycles. The van der Waals surface area contributed by atoms with E-state index in [2.05, 4.69) is 41.8 Å². The van der Waals surface area contributed by atoms with E-state index in [4.69, 9.17) is 14.7 Å². The Labute approximate surface area is 175 Å². The standard InChI is InChI=1S/C20H26N8O2/c1-12-9-16(27-26-12)23-20-24-18(17-19(25-20)30-8-7-29-17)22-13-10-14-3-4-15(11-13)28(14)6-2-5-21/h9,13-15H,2-4,6-8,10-11H2,1H3,(H3,22,23,24,25,26,27). The highest BCUT2D eigenvalue weighted by molar-refractivity contribution is 5.62. The van der Waals surface area contributed by atoms with Crippen LogP contribution in [-0.2, 0) is 0 Å². The highest BCUT2D eigenvalue weighted by atomic mass is 16.6. The zero-order valence-corrected chi connectivity index (χ0v) is 17.0. The Balaban J connectivity index is 1.35. The lowest BCUT2D eigenvalue weighted by Gasteiger charge is -2.39. The van der Waals surface area contributed by atoms with E-state index in [9.17, 15) is 0 Å². The second kappa shape index (κ2) is 7.99. The first-order valence-electron chi connectivity index (χ1n) is 10.6. The number of piperidine rings is 1. The number of ether oxygens (including phenoxy) is 2. The number of aromatic nitrogens is 4. The highest BCUT2D eigenvalue weighted by Crippen LogP contribution is 2.40. The van der Waals surface area contributed by atoms with Crippen LogP contribution in [0, 0.1) is 18.3 Å². The van der Waals surface area contributed by atoms with Crippen LogP contribution in [0.15, 0.2) is 6.07 Å². The van der Waals surface area contributed by atoms with Gasteiger partial charge in [-0.05, 0) is 32.6 Å². The number of anilines is 3. The summed E-state index contributed by atoms with van der Waals surface area (Å²) in [6, 6.07) is 5.51. The summed E-state index contributed by atoms with van der Waals surface area (Å²) in [5, 5.41) is 22.8. The summed E-state index contributed by atoms with van der Waals surface area (Å²) in [5.41, 5.74) is 0.951. The second-order valence-electron chi connectivity index (χ2n) is 8.13. The molecule has 5 heterocycles. The Morgan fingerprint density at radius 3 is 2.77 bits per heavy atom. The molecule has 2 aromatic heterocycles. The maximum Gasteiger partial charge on any atom is 0.264 e. The van der Waals surface area contributed by atoms with Gasteiger partial charge in [0.25, 0.3) is 5.88 Å². The van der Waals surface area contributed by atoms with Crippen molar-refractivity contribution in [3.05, 3.63) is 11.8 Å². The Hall–Kier alpha value is -3.06. The van der Waals surface area contributed by atoms with Gasteiger partial charge in [0, 0.05) is 42.9 Å². The average molecular weight is 410 g/mol. The van der Waals surface area contributed by atoms with E-state index in [1.807, 2.05) is 13.0 Å². The summed E-state index contributed by atoms with van der Waals surface area (Å²) in [6.45, 7) is 3.75.